The van der Waals surface area contributed by atoms with Gasteiger partial charge in [0.25, 0.3) is 5.91 Å². The molecule has 1 spiro atoms. The topological polar surface area (TPSA) is 65.8 Å². The summed E-state index contributed by atoms with van der Waals surface area (Å²) in [4.78, 5) is 14.6. The van der Waals surface area contributed by atoms with Crippen LogP contribution in [0.4, 0.5) is 0 Å². The average molecular weight is 414 g/mol. The number of likely N-dealkylation sites (tertiary alicyclic amines) is 1. The molecule has 0 bridgehead atoms. The number of carbonyl (C=O) groups is 1. The van der Waals surface area contributed by atoms with Crippen molar-refractivity contribution in [1.82, 2.24) is 14.7 Å². The van der Waals surface area contributed by atoms with Crippen LogP contribution in [0, 0.1) is 0 Å². The lowest BCUT2D eigenvalue weighted by atomic mass is 9.83. The highest BCUT2D eigenvalue weighted by Gasteiger charge is 2.41. The van der Waals surface area contributed by atoms with Gasteiger partial charge in [-0.1, -0.05) is 30.3 Å². The molecular formula is C23H31N3O4. The van der Waals surface area contributed by atoms with E-state index in [9.17, 15) is 4.79 Å². The van der Waals surface area contributed by atoms with E-state index in [0.29, 0.717) is 45.1 Å². The molecule has 0 radical (unpaired) electrons. The molecule has 1 aromatic carbocycles. The molecule has 0 N–H and O–H groups in total. The van der Waals surface area contributed by atoms with Crippen molar-refractivity contribution >= 4 is 5.91 Å². The lowest BCUT2D eigenvalue weighted by molar-refractivity contribution is -0.155. The first-order valence-corrected chi connectivity index (χ1v) is 10.8. The monoisotopic (exact) mass is 413 g/mol. The summed E-state index contributed by atoms with van der Waals surface area (Å²) in [5, 5.41) is 4.10. The maximum absolute atomic E-state index is 12.6. The van der Waals surface area contributed by atoms with Gasteiger partial charge in [-0.05, 0) is 24.8 Å². The first-order chi connectivity index (χ1) is 14.6. The molecule has 0 aliphatic carbocycles. The number of hydrogen-bond donors (Lipinski definition) is 0. The number of aromatic nitrogens is 2. The molecule has 2 saturated heterocycles. The SMILES string of the molecule is Cn1cc(C(=O)N2CCC3(CC2)CC(OCCOCc2ccccc2)CCO3)cn1. The van der Waals surface area contributed by atoms with Gasteiger partial charge in [0.1, 0.15) is 0 Å². The van der Waals surface area contributed by atoms with Crippen molar-refractivity contribution in [3.63, 3.8) is 0 Å². The lowest BCUT2D eigenvalue weighted by Crippen LogP contribution is -2.52. The molecule has 2 aliphatic heterocycles. The molecule has 162 valence electrons. The van der Waals surface area contributed by atoms with Crippen molar-refractivity contribution in [2.75, 3.05) is 32.9 Å². The van der Waals surface area contributed by atoms with Crippen LogP contribution in [0.15, 0.2) is 42.7 Å². The van der Waals surface area contributed by atoms with E-state index in [-0.39, 0.29) is 17.6 Å². The third kappa shape index (κ3) is 5.28. The average Bonchev–Trinajstić information content (AvgIpc) is 3.21. The highest BCUT2D eigenvalue weighted by Crippen LogP contribution is 2.36. The maximum atomic E-state index is 12.6. The summed E-state index contributed by atoms with van der Waals surface area (Å²) in [6.07, 6.45) is 7.10. The number of benzene rings is 1. The second-order valence-corrected chi connectivity index (χ2v) is 8.25. The number of carbonyl (C=O) groups excluding carboxylic acids is 1. The van der Waals surface area contributed by atoms with Crippen LogP contribution in [0.5, 0.6) is 0 Å². The molecule has 0 saturated carbocycles. The smallest absolute Gasteiger partial charge is 0.257 e. The Morgan fingerprint density at radius 3 is 2.77 bits per heavy atom. The minimum atomic E-state index is -0.167. The van der Waals surface area contributed by atoms with Gasteiger partial charge in [0.2, 0.25) is 0 Å². The number of aryl methyl sites for hydroxylation is 1. The third-order valence-electron chi connectivity index (χ3n) is 6.05. The molecule has 2 aliphatic rings. The third-order valence-corrected chi connectivity index (χ3v) is 6.05. The van der Waals surface area contributed by atoms with E-state index >= 15 is 0 Å². The van der Waals surface area contributed by atoms with Gasteiger partial charge >= 0.3 is 0 Å². The molecular weight excluding hydrogens is 382 g/mol. The zero-order valence-corrected chi connectivity index (χ0v) is 17.7. The largest absolute Gasteiger partial charge is 0.376 e. The molecule has 30 heavy (non-hydrogen) atoms. The fourth-order valence-electron chi connectivity index (χ4n) is 4.34. The molecule has 2 aromatic rings. The van der Waals surface area contributed by atoms with Gasteiger partial charge in [-0.2, -0.15) is 5.10 Å². The predicted molar refractivity (Wildman–Crippen MR) is 112 cm³/mol. The summed E-state index contributed by atoms with van der Waals surface area (Å²) in [6.45, 7) is 3.93. The second kappa shape index (κ2) is 9.73. The van der Waals surface area contributed by atoms with E-state index < -0.39 is 0 Å². The molecule has 2 fully saturated rings. The quantitative estimate of drug-likeness (QED) is 0.653. The van der Waals surface area contributed by atoms with Crippen LogP contribution in [0.1, 0.15) is 41.6 Å². The Labute approximate surface area is 177 Å². The van der Waals surface area contributed by atoms with Crippen LogP contribution in [-0.2, 0) is 27.9 Å². The van der Waals surface area contributed by atoms with E-state index in [4.69, 9.17) is 14.2 Å². The van der Waals surface area contributed by atoms with Crippen molar-refractivity contribution in [2.45, 2.75) is 44.0 Å². The normalized spacial score (nSPS) is 21.1. The van der Waals surface area contributed by atoms with E-state index in [0.717, 1.165) is 25.7 Å². The van der Waals surface area contributed by atoms with Crippen molar-refractivity contribution in [3.8, 4) is 0 Å². The molecule has 1 unspecified atom stereocenters. The summed E-state index contributed by atoms with van der Waals surface area (Å²) < 4.78 is 19.7. The Balaban J connectivity index is 1.19. The zero-order valence-electron chi connectivity index (χ0n) is 17.7. The summed E-state index contributed by atoms with van der Waals surface area (Å²) in [7, 11) is 1.82. The number of rotatable bonds is 7. The summed E-state index contributed by atoms with van der Waals surface area (Å²) >= 11 is 0. The van der Waals surface area contributed by atoms with Crippen molar-refractivity contribution in [2.24, 2.45) is 7.05 Å². The Kier molecular flexibility index (Phi) is 6.82. The van der Waals surface area contributed by atoms with Crippen LogP contribution >= 0.6 is 0 Å². The summed E-state index contributed by atoms with van der Waals surface area (Å²) in [5.41, 5.74) is 1.66. The fraction of sp³-hybridized carbons (Fsp3) is 0.565. The standard InChI is InChI=1S/C23H31N3O4/c1-25-17-20(16-24-25)22(27)26-10-8-23(9-11-26)15-21(7-12-30-23)29-14-13-28-18-19-5-3-2-4-6-19/h2-6,16-17,21H,7-15,18H2,1H3. The van der Waals surface area contributed by atoms with E-state index in [1.54, 1.807) is 17.1 Å². The summed E-state index contributed by atoms with van der Waals surface area (Å²) in [5.74, 6) is 0.0529. The van der Waals surface area contributed by atoms with Crippen molar-refractivity contribution in [1.29, 1.82) is 0 Å². The number of ether oxygens (including phenoxy) is 3. The minimum absolute atomic E-state index is 0.0529. The van der Waals surface area contributed by atoms with Crippen molar-refractivity contribution in [3.05, 3.63) is 53.9 Å². The highest BCUT2D eigenvalue weighted by atomic mass is 16.5. The lowest BCUT2D eigenvalue weighted by Gasteiger charge is -2.46. The Bertz CT molecular complexity index is 815. The Morgan fingerprint density at radius 1 is 1.23 bits per heavy atom. The van der Waals surface area contributed by atoms with Gasteiger partial charge in [-0.15, -0.1) is 0 Å². The highest BCUT2D eigenvalue weighted by molar-refractivity contribution is 5.93. The van der Waals surface area contributed by atoms with E-state index in [2.05, 4.69) is 17.2 Å². The van der Waals surface area contributed by atoms with Gasteiger partial charge < -0.3 is 19.1 Å². The molecule has 1 aromatic heterocycles. The van der Waals surface area contributed by atoms with Crippen LogP contribution in [0.3, 0.4) is 0 Å². The number of amides is 1. The Hall–Kier alpha value is -2.22. The second-order valence-electron chi connectivity index (χ2n) is 8.25. The molecule has 7 nitrogen and oxygen atoms in total. The molecule has 7 heteroatoms. The zero-order chi connectivity index (χ0) is 20.8. The van der Waals surface area contributed by atoms with Gasteiger partial charge in [-0.25, -0.2) is 0 Å². The van der Waals surface area contributed by atoms with E-state index in [1.165, 1.54) is 5.56 Å². The van der Waals surface area contributed by atoms with Gasteiger partial charge in [0, 0.05) is 39.4 Å². The number of hydrogen-bond acceptors (Lipinski definition) is 5. The van der Waals surface area contributed by atoms with Gasteiger partial charge in [-0.3, -0.25) is 9.48 Å². The van der Waals surface area contributed by atoms with Crippen molar-refractivity contribution < 1.29 is 19.0 Å². The summed E-state index contributed by atoms with van der Waals surface area (Å²) in [6, 6.07) is 10.2. The Morgan fingerprint density at radius 2 is 2.03 bits per heavy atom. The number of nitrogens with zero attached hydrogens (tertiary/aromatic N) is 3. The predicted octanol–water partition coefficient (Wildman–Crippen LogP) is 2.81. The molecule has 3 heterocycles. The van der Waals surface area contributed by atoms with Gasteiger partial charge in [0.05, 0.1) is 43.3 Å². The number of piperidine rings is 1. The first-order valence-electron chi connectivity index (χ1n) is 10.8. The minimum Gasteiger partial charge on any atom is -0.376 e. The van der Waals surface area contributed by atoms with Crippen LogP contribution in [0.2, 0.25) is 0 Å². The van der Waals surface area contributed by atoms with Gasteiger partial charge in [0.15, 0.2) is 0 Å². The fourth-order valence-corrected chi connectivity index (χ4v) is 4.34. The maximum Gasteiger partial charge on any atom is 0.257 e. The van der Waals surface area contributed by atoms with Crippen LogP contribution in [0.25, 0.3) is 0 Å². The van der Waals surface area contributed by atoms with E-state index in [1.807, 2.05) is 30.1 Å². The molecule has 1 amide bonds. The first kappa shape index (κ1) is 21.0. The van der Waals surface area contributed by atoms with Crippen LogP contribution < -0.4 is 0 Å². The molecule has 4 rings (SSSR count). The molecule has 1 atom stereocenters. The van der Waals surface area contributed by atoms with Crippen LogP contribution in [-0.4, -0.2) is 65.2 Å².